The minimum Gasteiger partial charge on any atom is -0.465 e. The molecule has 1 aromatic carbocycles. The van der Waals surface area contributed by atoms with E-state index in [-0.39, 0.29) is 5.92 Å². The molecule has 118 valence electrons. The molecular weight excluding hydrogens is 290 g/mol. The minimum atomic E-state index is -0.905. The fourth-order valence-electron chi connectivity index (χ4n) is 2.87. The van der Waals surface area contributed by atoms with Crippen LogP contribution >= 0.6 is 0 Å². The van der Waals surface area contributed by atoms with Gasteiger partial charge in [-0.15, -0.1) is 0 Å². The van der Waals surface area contributed by atoms with Gasteiger partial charge in [-0.1, -0.05) is 30.3 Å². The average Bonchev–Trinajstić information content (AvgIpc) is 3.00. The van der Waals surface area contributed by atoms with Crippen molar-refractivity contribution in [2.75, 3.05) is 13.6 Å². The van der Waals surface area contributed by atoms with Crippen LogP contribution < -0.4 is 0 Å². The van der Waals surface area contributed by atoms with Crippen molar-refractivity contribution in [2.45, 2.75) is 12.3 Å². The molecular formula is C18H19N3O2. The fourth-order valence-corrected chi connectivity index (χ4v) is 2.87. The van der Waals surface area contributed by atoms with E-state index in [4.69, 9.17) is 5.11 Å². The third kappa shape index (κ3) is 3.18. The van der Waals surface area contributed by atoms with Crippen LogP contribution in [0.3, 0.4) is 0 Å². The van der Waals surface area contributed by atoms with Crippen molar-refractivity contribution in [3.63, 3.8) is 0 Å². The molecule has 0 saturated carbocycles. The molecule has 5 nitrogen and oxygen atoms in total. The molecule has 23 heavy (non-hydrogen) atoms. The van der Waals surface area contributed by atoms with Crippen LogP contribution in [0.2, 0.25) is 0 Å². The second kappa shape index (κ2) is 6.52. The van der Waals surface area contributed by atoms with Gasteiger partial charge in [0.25, 0.3) is 0 Å². The predicted molar refractivity (Wildman–Crippen MR) is 89.7 cm³/mol. The van der Waals surface area contributed by atoms with E-state index in [0.29, 0.717) is 13.0 Å². The number of aromatic nitrogens is 2. The highest BCUT2D eigenvalue weighted by molar-refractivity contribution is 5.80. The number of carboxylic acid groups (broad SMARTS) is 1. The zero-order chi connectivity index (χ0) is 16.2. The molecule has 0 spiro atoms. The normalized spacial score (nSPS) is 12.2. The summed E-state index contributed by atoms with van der Waals surface area (Å²) in [6.45, 7) is 0.474. The predicted octanol–water partition coefficient (Wildman–Crippen LogP) is 3.69. The van der Waals surface area contributed by atoms with E-state index >= 15 is 0 Å². The highest BCUT2D eigenvalue weighted by atomic mass is 16.4. The first-order valence-corrected chi connectivity index (χ1v) is 7.58. The first-order valence-electron chi connectivity index (χ1n) is 7.58. The Labute approximate surface area is 134 Å². The van der Waals surface area contributed by atoms with Gasteiger partial charge in [-0.3, -0.25) is 0 Å². The Balaban J connectivity index is 1.96. The standard InChI is InChI=1S/C18H19N3O2/c1-21(18(22)23)11-9-14(13-6-3-2-4-7-13)16-12-20-17-15(16)8-5-10-19-17/h2-8,10,12,14H,9,11H2,1H3,(H,19,20)(H,22,23)/t14-/m0/s1. The summed E-state index contributed by atoms with van der Waals surface area (Å²) < 4.78 is 0. The van der Waals surface area contributed by atoms with Gasteiger partial charge in [0.15, 0.2) is 0 Å². The van der Waals surface area contributed by atoms with Gasteiger partial charge in [0, 0.05) is 37.3 Å². The zero-order valence-corrected chi connectivity index (χ0v) is 12.9. The van der Waals surface area contributed by atoms with E-state index in [9.17, 15) is 4.79 Å². The Morgan fingerprint density at radius 3 is 2.78 bits per heavy atom. The quantitative estimate of drug-likeness (QED) is 0.755. The summed E-state index contributed by atoms with van der Waals surface area (Å²) in [5.41, 5.74) is 3.18. The lowest BCUT2D eigenvalue weighted by molar-refractivity contribution is 0.155. The largest absolute Gasteiger partial charge is 0.465 e. The van der Waals surface area contributed by atoms with E-state index in [0.717, 1.165) is 16.6 Å². The zero-order valence-electron chi connectivity index (χ0n) is 12.9. The Hall–Kier alpha value is -2.82. The molecule has 0 saturated heterocycles. The maximum atomic E-state index is 11.1. The molecule has 1 atom stereocenters. The number of aromatic amines is 1. The Kier molecular flexibility index (Phi) is 4.28. The van der Waals surface area contributed by atoms with Gasteiger partial charge in [-0.2, -0.15) is 0 Å². The van der Waals surface area contributed by atoms with E-state index < -0.39 is 6.09 Å². The molecule has 0 fully saturated rings. The molecule has 0 radical (unpaired) electrons. The molecule has 0 bridgehead atoms. The number of rotatable bonds is 5. The van der Waals surface area contributed by atoms with Crippen molar-refractivity contribution >= 4 is 17.1 Å². The monoisotopic (exact) mass is 309 g/mol. The van der Waals surface area contributed by atoms with Crippen LogP contribution in [0.25, 0.3) is 11.0 Å². The maximum Gasteiger partial charge on any atom is 0.407 e. The van der Waals surface area contributed by atoms with E-state index in [1.54, 1.807) is 13.2 Å². The topological polar surface area (TPSA) is 69.2 Å². The second-order valence-electron chi connectivity index (χ2n) is 5.60. The molecule has 0 aliphatic heterocycles. The van der Waals surface area contributed by atoms with Crippen LogP contribution in [-0.2, 0) is 0 Å². The first-order chi connectivity index (χ1) is 11.2. The van der Waals surface area contributed by atoms with Crippen LogP contribution in [0.15, 0.2) is 54.9 Å². The van der Waals surface area contributed by atoms with Crippen molar-refractivity contribution < 1.29 is 9.90 Å². The van der Waals surface area contributed by atoms with Crippen molar-refractivity contribution in [1.29, 1.82) is 0 Å². The number of amides is 1. The van der Waals surface area contributed by atoms with Gasteiger partial charge in [-0.05, 0) is 29.7 Å². The molecule has 2 aromatic heterocycles. The molecule has 1 amide bonds. The minimum absolute atomic E-state index is 0.121. The van der Waals surface area contributed by atoms with Crippen molar-refractivity contribution in [2.24, 2.45) is 0 Å². The number of pyridine rings is 1. The van der Waals surface area contributed by atoms with Crippen molar-refractivity contribution in [3.05, 3.63) is 66.0 Å². The molecule has 2 heterocycles. The lowest BCUT2D eigenvalue weighted by atomic mass is 9.88. The Bertz CT molecular complexity index is 798. The third-order valence-corrected chi connectivity index (χ3v) is 4.14. The smallest absolute Gasteiger partial charge is 0.407 e. The van der Waals surface area contributed by atoms with Crippen molar-refractivity contribution in [1.82, 2.24) is 14.9 Å². The van der Waals surface area contributed by atoms with Crippen LogP contribution in [0.5, 0.6) is 0 Å². The number of H-pyrrole nitrogens is 1. The number of hydrogen-bond acceptors (Lipinski definition) is 2. The van der Waals surface area contributed by atoms with Gasteiger partial charge in [0.2, 0.25) is 0 Å². The summed E-state index contributed by atoms with van der Waals surface area (Å²) in [7, 11) is 1.60. The molecule has 0 unspecified atom stereocenters. The van der Waals surface area contributed by atoms with E-state index in [2.05, 4.69) is 22.1 Å². The van der Waals surface area contributed by atoms with Crippen LogP contribution in [0, 0.1) is 0 Å². The summed E-state index contributed by atoms with van der Waals surface area (Å²) in [6.07, 6.45) is 3.56. The van der Waals surface area contributed by atoms with Crippen LogP contribution in [-0.4, -0.2) is 39.7 Å². The summed E-state index contributed by atoms with van der Waals surface area (Å²) in [4.78, 5) is 19.9. The van der Waals surface area contributed by atoms with E-state index in [1.807, 2.05) is 36.5 Å². The molecule has 0 aliphatic rings. The second-order valence-corrected chi connectivity index (χ2v) is 5.60. The average molecular weight is 309 g/mol. The van der Waals surface area contributed by atoms with Gasteiger partial charge >= 0.3 is 6.09 Å². The van der Waals surface area contributed by atoms with Gasteiger partial charge < -0.3 is 15.0 Å². The number of benzene rings is 1. The number of hydrogen-bond donors (Lipinski definition) is 2. The number of carbonyl (C=O) groups is 1. The first kappa shape index (κ1) is 15.1. The van der Waals surface area contributed by atoms with Gasteiger partial charge in [0.05, 0.1) is 0 Å². The maximum absolute atomic E-state index is 11.1. The molecule has 3 aromatic rings. The Morgan fingerprint density at radius 1 is 1.26 bits per heavy atom. The lowest BCUT2D eigenvalue weighted by Gasteiger charge is -2.20. The van der Waals surface area contributed by atoms with Gasteiger partial charge in [-0.25, -0.2) is 9.78 Å². The highest BCUT2D eigenvalue weighted by Gasteiger charge is 2.19. The molecule has 2 N–H and O–H groups in total. The van der Waals surface area contributed by atoms with Crippen LogP contribution in [0.4, 0.5) is 4.79 Å². The number of nitrogens with one attached hydrogen (secondary N) is 1. The number of fused-ring (bicyclic) bond motifs is 1. The fraction of sp³-hybridized carbons (Fsp3) is 0.222. The highest BCUT2D eigenvalue weighted by Crippen LogP contribution is 2.32. The lowest BCUT2D eigenvalue weighted by Crippen LogP contribution is -2.27. The van der Waals surface area contributed by atoms with Crippen molar-refractivity contribution in [3.8, 4) is 0 Å². The Morgan fingerprint density at radius 2 is 2.04 bits per heavy atom. The molecule has 3 rings (SSSR count). The SMILES string of the molecule is CN(CC[C@@H](c1ccccc1)c1c[nH]c2ncccc12)C(=O)O. The molecule has 0 aliphatic carbocycles. The third-order valence-electron chi connectivity index (χ3n) is 4.14. The van der Waals surface area contributed by atoms with Gasteiger partial charge in [0.1, 0.15) is 5.65 Å². The summed E-state index contributed by atoms with van der Waals surface area (Å²) >= 11 is 0. The molecule has 5 heteroatoms. The van der Waals surface area contributed by atoms with E-state index in [1.165, 1.54) is 10.5 Å². The summed E-state index contributed by atoms with van der Waals surface area (Å²) in [5.74, 6) is 0.121. The summed E-state index contributed by atoms with van der Waals surface area (Å²) in [6, 6.07) is 14.1. The number of nitrogens with zero attached hydrogens (tertiary/aromatic N) is 2. The van der Waals surface area contributed by atoms with Crippen LogP contribution in [0.1, 0.15) is 23.5 Å². The summed E-state index contributed by atoms with van der Waals surface area (Å²) in [5, 5.41) is 10.2.